The summed E-state index contributed by atoms with van der Waals surface area (Å²) in [6.45, 7) is 8.11. The van der Waals surface area contributed by atoms with E-state index in [1.165, 1.54) is 0 Å². The Morgan fingerprint density at radius 2 is 1.77 bits per heavy atom. The molecule has 5 nitrogen and oxygen atoms in total. The van der Waals surface area contributed by atoms with Gasteiger partial charge in [-0.3, -0.25) is 4.79 Å². The van der Waals surface area contributed by atoms with E-state index in [0.29, 0.717) is 17.4 Å². The zero-order chi connectivity index (χ0) is 16.6. The summed E-state index contributed by atoms with van der Waals surface area (Å²) in [6, 6.07) is 8.60. The average Bonchev–Trinajstić information content (AvgIpc) is 2.44. The van der Waals surface area contributed by atoms with Crippen molar-refractivity contribution in [3.8, 4) is 0 Å². The molecule has 0 bridgehead atoms. The zero-order valence-corrected chi connectivity index (χ0v) is 13.8. The highest BCUT2D eigenvalue weighted by molar-refractivity contribution is 5.93. The molecule has 1 rings (SSSR count). The maximum atomic E-state index is 12.4. The predicted molar refractivity (Wildman–Crippen MR) is 83.6 cm³/mol. The van der Waals surface area contributed by atoms with Gasteiger partial charge in [0.1, 0.15) is 0 Å². The second-order valence-electron chi connectivity index (χ2n) is 6.32. The van der Waals surface area contributed by atoms with E-state index < -0.39 is 11.9 Å². The van der Waals surface area contributed by atoms with E-state index in [0.717, 1.165) is 12.8 Å². The summed E-state index contributed by atoms with van der Waals surface area (Å²) in [4.78, 5) is 34.7. The highest BCUT2D eigenvalue weighted by Crippen LogP contribution is 2.20. The number of hydrogen-bond donors (Lipinski definition) is 0. The van der Waals surface area contributed by atoms with Crippen LogP contribution in [0.2, 0.25) is 0 Å². The van der Waals surface area contributed by atoms with Gasteiger partial charge in [0.15, 0.2) is 0 Å². The number of benzene rings is 1. The molecule has 0 heterocycles. The van der Waals surface area contributed by atoms with Crippen molar-refractivity contribution in [3.05, 3.63) is 35.9 Å². The van der Waals surface area contributed by atoms with Gasteiger partial charge >= 0.3 is 11.9 Å². The molecule has 122 valence electrons. The summed E-state index contributed by atoms with van der Waals surface area (Å²) >= 11 is 0. The molecule has 0 aliphatic rings. The normalized spacial score (nSPS) is 11.1. The molecule has 0 N–H and O–H groups in total. The van der Waals surface area contributed by atoms with Crippen molar-refractivity contribution in [1.82, 2.24) is 5.23 Å². The van der Waals surface area contributed by atoms with E-state index in [1.807, 2.05) is 33.8 Å². The van der Waals surface area contributed by atoms with Gasteiger partial charge in [-0.2, -0.15) is 0 Å². The van der Waals surface area contributed by atoms with E-state index in [1.54, 1.807) is 24.3 Å². The Morgan fingerprint density at radius 1 is 1.14 bits per heavy atom. The molecule has 0 fully saturated rings. The second-order valence-corrected chi connectivity index (χ2v) is 6.32. The molecule has 1 aromatic carbocycles. The van der Waals surface area contributed by atoms with Gasteiger partial charge in [-0.25, -0.2) is 9.63 Å². The van der Waals surface area contributed by atoms with Crippen LogP contribution in [-0.4, -0.2) is 23.7 Å². The molecule has 0 atom stereocenters. The van der Waals surface area contributed by atoms with Crippen molar-refractivity contribution in [3.63, 3.8) is 0 Å². The smallest absolute Gasteiger partial charge is 0.312 e. The molecule has 0 saturated heterocycles. The molecular formula is C17H25NO4. The van der Waals surface area contributed by atoms with Crippen LogP contribution in [0.15, 0.2) is 30.3 Å². The topological polar surface area (TPSA) is 55.8 Å². The fraction of sp³-hybridized carbons (Fsp3) is 0.529. The van der Waals surface area contributed by atoms with Gasteiger partial charge in [-0.1, -0.05) is 52.3 Å². The van der Waals surface area contributed by atoms with Gasteiger partial charge in [-0.15, -0.1) is 0 Å². The molecule has 0 spiro atoms. The summed E-state index contributed by atoms with van der Waals surface area (Å²) < 4.78 is 0. The van der Waals surface area contributed by atoms with Crippen LogP contribution in [0, 0.1) is 5.41 Å². The summed E-state index contributed by atoms with van der Waals surface area (Å²) in [5, 5.41) is 0.707. The number of carbonyl (C=O) groups is 2. The Hall–Kier alpha value is -1.88. The third kappa shape index (κ3) is 6.72. The molecule has 0 aliphatic carbocycles. The first kappa shape index (κ1) is 18.2. The van der Waals surface area contributed by atoms with Crippen LogP contribution in [0.1, 0.15) is 57.3 Å². The molecule has 1 aromatic rings. The van der Waals surface area contributed by atoms with Crippen molar-refractivity contribution in [2.45, 2.75) is 47.0 Å². The Kier molecular flexibility index (Phi) is 7.05. The predicted octanol–water partition coefficient (Wildman–Crippen LogP) is 3.75. The van der Waals surface area contributed by atoms with Crippen molar-refractivity contribution in [2.75, 3.05) is 6.61 Å². The van der Waals surface area contributed by atoms with Crippen molar-refractivity contribution in [1.29, 1.82) is 0 Å². The van der Waals surface area contributed by atoms with Crippen molar-refractivity contribution >= 4 is 11.9 Å². The molecule has 0 aromatic heterocycles. The van der Waals surface area contributed by atoms with Crippen LogP contribution in [0.4, 0.5) is 0 Å². The average molecular weight is 307 g/mol. The Balaban J connectivity index is 2.75. The van der Waals surface area contributed by atoms with Gasteiger partial charge in [0, 0.05) is 5.56 Å². The number of carbonyl (C=O) groups excluding carboxylic acids is 2. The minimum atomic E-state index is -0.492. The van der Waals surface area contributed by atoms with Crippen molar-refractivity contribution in [2.24, 2.45) is 5.41 Å². The van der Waals surface area contributed by atoms with Gasteiger partial charge in [0.25, 0.3) is 0 Å². The van der Waals surface area contributed by atoms with Gasteiger partial charge in [0.2, 0.25) is 0 Å². The van der Waals surface area contributed by atoms with Crippen molar-refractivity contribution < 1.29 is 19.3 Å². The lowest BCUT2D eigenvalue weighted by Gasteiger charge is -2.22. The van der Waals surface area contributed by atoms with E-state index >= 15 is 0 Å². The second kappa shape index (κ2) is 8.54. The highest BCUT2D eigenvalue weighted by Gasteiger charge is 2.24. The van der Waals surface area contributed by atoms with E-state index in [-0.39, 0.29) is 11.8 Å². The summed E-state index contributed by atoms with van der Waals surface area (Å²) in [6.07, 6.45) is 1.89. The maximum absolute atomic E-state index is 12.4. The minimum absolute atomic E-state index is 0.197. The Bertz CT molecular complexity index is 479. The van der Waals surface area contributed by atoms with Crippen LogP contribution in [-0.2, 0) is 14.5 Å². The highest BCUT2D eigenvalue weighted by atomic mass is 17.0. The molecule has 5 heteroatoms. The zero-order valence-electron chi connectivity index (χ0n) is 13.8. The number of rotatable bonds is 6. The number of amides is 1. The van der Waals surface area contributed by atoms with E-state index in [2.05, 4.69) is 0 Å². The molecular weight excluding hydrogens is 282 g/mol. The standard InChI is InChI=1S/C17H25NO4/c1-5-6-12-21-18(22-15(19)13-17(2,3)4)16(20)14-10-8-7-9-11-14/h7-11H,5-6,12-13H2,1-4H3. The first-order valence-corrected chi connectivity index (χ1v) is 7.56. The Labute approximate surface area is 132 Å². The lowest BCUT2D eigenvalue weighted by atomic mass is 9.93. The first-order valence-electron chi connectivity index (χ1n) is 7.56. The molecule has 0 aliphatic heterocycles. The third-order valence-electron chi connectivity index (χ3n) is 2.75. The Morgan fingerprint density at radius 3 is 2.32 bits per heavy atom. The van der Waals surface area contributed by atoms with Crippen LogP contribution in [0.25, 0.3) is 0 Å². The number of hydrogen-bond acceptors (Lipinski definition) is 4. The molecule has 0 unspecified atom stereocenters. The van der Waals surface area contributed by atoms with E-state index in [9.17, 15) is 9.59 Å². The minimum Gasteiger partial charge on any atom is -0.312 e. The van der Waals surface area contributed by atoms with Crippen LogP contribution in [0.5, 0.6) is 0 Å². The fourth-order valence-corrected chi connectivity index (χ4v) is 1.66. The van der Waals surface area contributed by atoms with Gasteiger partial charge in [0.05, 0.1) is 13.0 Å². The molecule has 0 saturated carbocycles. The lowest BCUT2D eigenvalue weighted by Crippen LogP contribution is -2.35. The molecule has 1 amide bonds. The molecule has 22 heavy (non-hydrogen) atoms. The van der Waals surface area contributed by atoms with Crippen LogP contribution < -0.4 is 0 Å². The quantitative estimate of drug-likeness (QED) is 0.593. The van der Waals surface area contributed by atoms with Crippen LogP contribution >= 0.6 is 0 Å². The maximum Gasteiger partial charge on any atom is 0.336 e. The fourth-order valence-electron chi connectivity index (χ4n) is 1.66. The summed E-state index contributed by atoms with van der Waals surface area (Å²) in [5.74, 6) is -0.979. The van der Waals surface area contributed by atoms with Gasteiger partial charge in [-0.05, 0) is 29.2 Å². The summed E-state index contributed by atoms with van der Waals surface area (Å²) in [7, 11) is 0. The number of nitrogens with zero attached hydrogens (tertiary/aromatic N) is 1. The van der Waals surface area contributed by atoms with E-state index in [4.69, 9.17) is 9.68 Å². The summed E-state index contributed by atoms with van der Waals surface area (Å²) in [5.41, 5.74) is 0.185. The first-order chi connectivity index (χ1) is 10.3. The van der Waals surface area contributed by atoms with Gasteiger partial charge < -0.3 is 4.84 Å². The number of hydroxylamine groups is 2. The largest absolute Gasteiger partial charge is 0.336 e. The number of unbranched alkanes of at least 4 members (excludes halogenated alkanes) is 1. The SMILES string of the molecule is CCCCON(OC(=O)CC(C)(C)C)C(=O)c1ccccc1. The third-order valence-corrected chi connectivity index (χ3v) is 2.75. The molecule has 0 radical (unpaired) electrons. The monoisotopic (exact) mass is 307 g/mol. The van der Waals surface area contributed by atoms with Crippen LogP contribution in [0.3, 0.4) is 0 Å². The lowest BCUT2D eigenvalue weighted by molar-refractivity contribution is -0.309.